The number of esters is 1. The van der Waals surface area contributed by atoms with Crippen molar-refractivity contribution in [1.82, 2.24) is 0 Å². The van der Waals surface area contributed by atoms with E-state index in [1.54, 1.807) is 7.11 Å². The summed E-state index contributed by atoms with van der Waals surface area (Å²) in [6.45, 7) is 4.24. The van der Waals surface area contributed by atoms with Crippen LogP contribution in [0.2, 0.25) is 0 Å². The monoisotopic (exact) mass is 412 g/mol. The number of unbranched alkanes of at least 4 members (excludes halogenated alkanes) is 6. The third kappa shape index (κ3) is 9.00. The largest absolute Gasteiger partial charge is 0.494 e. The first kappa shape index (κ1) is 23.9. The molecule has 2 aromatic rings. The van der Waals surface area contributed by atoms with Gasteiger partial charge in [0.05, 0.1) is 18.8 Å². The minimum atomic E-state index is -0.259. The third-order valence-corrected chi connectivity index (χ3v) is 5.05. The molecule has 0 saturated carbocycles. The molecule has 2 rings (SSSR count). The van der Waals surface area contributed by atoms with Crippen LogP contribution in [-0.4, -0.2) is 32.9 Å². The van der Waals surface area contributed by atoms with Crippen molar-refractivity contribution >= 4 is 5.97 Å². The van der Waals surface area contributed by atoms with Crippen LogP contribution in [0.5, 0.6) is 5.75 Å². The van der Waals surface area contributed by atoms with Gasteiger partial charge >= 0.3 is 5.97 Å². The van der Waals surface area contributed by atoms with E-state index in [-0.39, 0.29) is 5.97 Å². The summed E-state index contributed by atoms with van der Waals surface area (Å²) in [7, 11) is 1.72. The van der Waals surface area contributed by atoms with Gasteiger partial charge in [-0.2, -0.15) is 0 Å². The van der Waals surface area contributed by atoms with Crippen LogP contribution in [0.25, 0.3) is 11.1 Å². The Morgan fingerprint density at radius 1 is 0.700 bits per heavy atom. The Morgan fingerprint density at radius 3 is 1.90 bits per heavy atom. The minimum absolute atomic E-state index is 0.259. The molecule has 0 fully saturated rings. The average Bonchev–Trinajstić information content (AvgIpc) is 2.79. The SMILES string of the molecule is CCCCCCOc1ccc(-c2ccc(C(=O)OCCCCCCOC)cc2)cc1. The van der Waals surface area contributed by atoms with Crippen molar-refractivity contribution in [2.45, 2.75) is 58.3 Å². The van der Waals surface area contributed by atoms with Crippen LogP contribution in [0.4, 0.5) is 0 Å². The molecule has 30 heavy (non-hydrogen) atoms. The molecule has 0 saturated heterocycles. The van der Waals surface area contributed by atoms with Crippen molar-refractivity contribution in [1.29, 1.82) is 0 Å². The molecule has 0 aliphatic rings. The van der Waals surface area contributed by atoms with E-state index < -0.39 is 0 Å². The zero-order chi connectivity index (χ0) is 21.4. The van der Waals surface area contributed by atoms with E-state index in [0.717, 1.165) is 62.2 Å². The van der Waals surface area contributed by atoms with Crippen LogP contribution in [-0.2, 0) is 9.47 Å². The molecule has 0 aromatic heterocycles. The van der Waals surface area contributed by atoms with E-state index in [2.05, 4.69) is 19.1 Å². The molecule has 0 amide bonds. The van der Waals surface area contributed by atoms with Crippen molar-refractivity contribution in [3.8, 4) is 16.9 Å². The van der Waals surface area contributed by atoms with Gasteiger partial charge in [-0.1, -0.05) is 56.9 Å². The molecule has 0 bridgehead atoms. The Hall–Kier alpha value is -2.33. The van der Waals surface area contributed by atoms with Crippen molar-refractivity contribution in [3.05, 3.63) is 54.1 Å². The second-order valence-electron chi connectivity index (χ2n) is 7.55. The van der Waals surface area contributed by atoms with Crippen molar-refractivity contribution in [2.24, 2.45) is 0 Å². The number of benzene rings is 2. The summed E-state index contributed by atoms with van der Waals surface area (Å²) >= 11 is 0. The molecule has 0 heterocycles. The van der Waals surface area contributed by atoms with Gasteiger partial charge in [-0.05, 0) is 61.1 Å². The molecule has 164 valence electrons. The number of ether oxygens (including phenoxy) is 3. The number of carbonyl (C=O) groups is 1. The van der Waals surface area contributed by atoms with Crippen LogP contribution in [0.3, 0.4) is 0 Å². The van der Waals surface area contributed by atoms with Gasteiger partial charge in [0.1, 0.15) is 5.75 Å². The van der Waals surface area contributed by atoms with E-state index in [0.29, 0.717) is 12.2 Å². The maximum absolute atomic E-state index is 12.2. The molecule has 0 atom stereocenters. The molecular formula is C26H36O4. The lowest BCUT2D eigenvalue weighted by molar-refractivity contribution is 0.0497. The van der Waals surface area contributed by atoms with Gasteiger partial charge in [0.15, 0.2) is 0 Å². The quantitative estimate of drug-likeness (QED) is 0.242. The third-order valence-electron chi connectivity index (χ3n) is 5.05. The smallest absolute Gasteiger partial charge is 0.338 e. The van der Waals surface area contributed by atoms with E-state index >= 15 is 0 Å². The number of carbonyl (C=O) groups excluding carboxylic acids is 1. The van der Waals surface area contributed by atoms with Gasteiger partial charge in [0.2, 0.25) is 0 Å². The molecule has 0 aliphatic heterocycles. The normalized spacial score (nSPS) is 10.7. The van der Waals surface area contributed by atoms with Crippen LogP contribution < -0.4 is 4.74 Å². The lowest BCUT2D eigenvalue weighted by atomic mass is 10.0. The fourth-order valence-corrected chi connectivity index (χ4v) is 3.21. The second kappa shape index (κ2) is 14.6. The maximum atomic E-state index is 12.2. The fraction of sp³-hybridized carbons (Fsp3) is 0.500. The van der Waals surface area contributed by atoms with Gasteiger partial charge in [-0.3, -0.25) is 0 Å². The standard InChI is InChI=1S/C26H36O4/c1-3-4-5-9-20-29-25-17-15-23(16-18-25)22-11-13-24(14-12-22)26(27)30-21-10-7-6-8-19-28-2/h11-18H,3-10,19-21H2,1-2H3. The Bertz CT molecular complexity index is 707. The Morgan fingerprint density at radius 2 is 1.27 bits per heavy atom. The maximum Gasteiger partial charge on any atom is 0.338 e. The highest BCUT2D eigenvalue weighted by atomic mass is 16.5. The first-order valence-corrected chi connectivity index (χ1v) is 11.2. The summed E-state index contributed by atoms with van der Waals surface area (Å²) in [6.07, 6.45) is 8.91. The van der Waals surface area contributed by atoms with E-state index in [1.807, 2.05) is 36.4 Å². The van der Waals surface area contributed by atoms with Crippen molar-refractivity contribution in [3.63, 3.8) is 0 Å². The Kier molecular flexibility index (Phi) is 11.7. The van der Waals surface area contributed by atoms with E-state index in [9.17, 15) is 4.79 Å². The molecule has 0 radical (unpaired) electrons. The summed E-state index contributed by atoms with van der Waals surface area (Å²) in [5, 5.41) is 0. The summed E-state index contributed by atoms with van der Waals surface area (Å²) in [5.74, 6) is 0.642. The molecule has 0 unspecified atom stereocenters. The Balaban J connectivity index is 1.74. The van der Waals surface area contributed by atoms with Gasteiger partial charge < -0.3 is 14.2 Å². The average molecular weight is 413 g/mol. The molecule has 4 heteroatoms. The summed E-state index contributed by atoms with van der Waals surface area (Å²) in [4.78, 5) is 12.2. The van der Waals surface area contributed by atoms with E-state index in [4.69, 9.17) is 14.2 Å². The summed E-state index contributed by atoms with van der Waals surface area (Å²) in [6, 6.07) is 15.7. The van der Waals surface area contributed by atoms with Crippen LogP contribution in [0.1, 0.15) is 68.6 Å². The minimum Gasteiger partial charge on any atom is -0.494 e. The van der Waals surface area contributed by atoms with Crippen LogP contribution in [0, 0.1) is 0 Å². The van der Waals surface area contributed by atoms with E-state index in [1.165, 1.54) is 19.3 Å². The number of hydrogen-bond acceptors (Lipinski definition) is 4. The van der Waals surface area contributed by atoms with Crippen molar-refractivity contribution in [2.75, 3.05) is 26.9 Å². The highest BCUT2D eigenvalue weighted by Crippen LogP contribution is 2.23. The second-order valence-corrected chi connectivity index (χ2v) is 7.55. The molecule has 4 nitrogen and oxygen atoms in total. The van der Waals surface area contributed by atoms with Gasteiger partial charge in [-0.25, -0.2) is 4.79 Å². The highest BCUT2D eigenvalue weighted by Gasteiger charge is 2.07. The predicted octanol–water partition coefficient (Wildman–Crippen LogP) is 6.68. The Labute approximate surface area is 181 Å². The predicted molar refractivity (Wildman–Crippen MR) is 122 cm³/mol. The topological polar surface area (TPSA) is 44.8 Å². The lowest BCUT2D eigenvalue weighted by Gasteiger charge is -2.08. The molecule has 2 aromatic carbocycles. The van der Waals surface area contributed by atoms with Crippen LogP contribution >= 0.6 is 0 Å². The first-order valence-electron chi connectivity index (χ1n) is 11.2. The zero-order valence-corrected chi connectivity index (χ0v) is 18.5. The molecule has 0 N–H and O–H groups in total. The van der Waals surface area contributed by atoms with Crippen molar-refractivity contribution < 1.29 is 19.0 Å². The lowest BCUT2D eigenvalue weighted by Crippen LogP contribution is -2.06. The molecule has 0 aliphatic carbocycles. The van der Waals surface area contributed by atoms with Gasteiger partial charge in [-0.15, -0.1) is 0 Å². The van der Waals surface area contributed by atoms with Gasteiger partial charge in [0.25, 0.3) is 0 Å². The zero-order valence-electron chi connectivity index (χ0n) is 18.5. The molecular weight excluding hydrogens is 376 g/mol. The fourth-order valence-electron chi connectivity index (χ4n) is 3.21. The molecule has 0 spiro atoms. The first-order chi connectivity index (χ1) is 14.7. The van der Waals surface area contributed by atoms with Crippen LogP contribution in [0.15, 0.2) is 48.5 Å². The number of methoxy groups -OCH3 is 1. The summed E-state index contributed by atoms with van der Waals surface area (Å²) < 4.78 is 16.2. The summed E-state index contributed by atoms with van der Waals surface area (Å²) in [5.41, 5.74) is 2.76. The van der Waals surface area contributed by atoms with Gasteiger partial charge in [0, 0.05) is 13.7 Å². The highest BCUT2D eigenvalue weighted by molar-refractivity contribution is 5.90. The number of hydrogen-bond donors (Lipinski definition) is 0. The number of rotatable bonds is 15.